The highest BCUT2D eigenvalue weighted by Crippen LogP contribution is 2.36. The molecule has 226 valence electrons. The Balaban J connectivity index is 1.10. The number of nitrogens with zero attached hydrogens (tertiary/aromatic N) is 3. The summed E-state index contributed by atoms with van der Waals surface area (Å²) in [4.78, 5) is 34.6. The molecule has 0 aromatic heterocycles. The molecule has 9 heteroatoms. The zero-order valence-electron chi connectivity index (χ0n) is 24.5. The first-order chi connectivity index (χ1) is 21.5. The summed E-state index contributed by atoms with van der Waals surface area (Å²) in [7, 11) is -1.59. The average Bonchev–Trinajstić information content (AvgIpc) is 3.13. The number of rotatable bonds is 9. The fraction of sp³-hybridized carbons (Fsp3) is 0.257. The lowest BCUT2D eigenvalue weighted by Gasteiger charge is -2.34. The summed E-state index contributed by atoms with van der Waals surface area (Å²) in [5, 5.41) is 3.61. The monoisotopic (exact) mass is 626 g/mol. The highest BCUT2D eigenvalue weighted by atomic mass is 35.5. The Morgan fingerprint density at radius 3 is 2.30 bits per heavy atom. The number of carbonyl (C=O) groups is 2. The molecule has 4 aromatic rings. The van der Waals surface area contributed by atoms with Crippen LogP contribution in [0.25, 0.3) is 0 Å². The molecule has 0 unspecified atom stereocenters. The third-order valence-electron chi connectivity index (χ3n) is 8.15. The Morgan fingerprint density at radius 2 is 1.50 bits per heavy atom. The summed E-state index contributed by atoms with van der Waals surface area (Å²) in [5.74, 6) is -0.489. The molecule has 0 saturated carbocycles. The van der Waals surface area contributed by atoms with Crippen molar-refractivity contribution in [2.24, 2.45) is 0 Å². The first-order valence-electron chi connectivity index (χ1n) is 14.9. The summed E-state index contributed by atoms with van der Waals surface area (Å²) in [6.07, 6.45) is 0.841. The van der Waals surface area contributed by atoms with Crippen LogP contribution in [0.3, 0.4) is 0 Å². The number of carbonyl (C=O) groups excluding carboxylic acids is 2. The number of hydrogen-bond donors (Lipinski definition) is 1. The van der Waals surface area contributed by atoms with Gasteiger partial charge in [0.1, 0.15) is 0 Å². The van der Waals surface area contributed by atoms with Crippen LogP contribution in [0.5, 0.6) is 0 Å². The van der Waals surface area contributed by atoms with E-state index in [0.717, 1.165) is 51.3 Å². The van der Waals surface area contributed by atoms with Gasteiger partial charge in [0.05, 0.1) is 38.4 Å². The van der Waals surface area contributed by atoms with Gasteiger partial charge >= 0.3 is 0 Å². The molecule has 4 aromatic carbocycles. The average molecular weight is 627 g/mol. The molecule has 0 bridgehead atoms. The van der Waals surface area contributed by atoms with E-state index in [-0.39, 0.29) is 18.4 Å². The number of anilines is 1. The molecule has 6 rings (SSSR count). The van der Waals surface area contributed by atoms with E-state index in [9.17, 15) is 13.8 Å². The number of amides is 2. The van der Waals surface area contributed by atoms with E-state index in [0.29, 0.717) is 38.2 Å². The van der Waals surface area contributed by atoms with Gasteiger partial charge in [-0.25, -0.2) is 4.21 Å². The van der Waals surface area contributed by atoms with Crippen molar-refractivity contribution in [3.05, 3.63) is 124 Å². The van der Waals surface area contributed by atoms with Crippen molar-refractivity contribution in [2.45, 2.75) is 29.3 Å². The van der Waals surface area contributed by atoms with Crippen LogP contribution in [-0.4, -0.2) is 65.1 Å². The van der Waals surface area contributed by atoms with Crippen molar-refractivity contribution in [3.8, 4) is 0 Å². The number of nitrogens with one attached hydrogen (secondary N) is 1. The maximum Gasteiger partial charge on any atom is 0.259 e. The van der Waals surface area contributed by atoms with Gasteiger partial charge in [-0.05, 0) is 66.6 Å². The van der Waals surface area contributed by atoms with Crippen molar-refractivity contribution in [2.75, 3.05) is 44.2 Å². The van der Waals surface area contributed by atoms with Crippen molar-refractivity contribution in [1.29, 1.82) is 0 Å². The van der Waals surface area contributed by atoms with Crippen LogP contribution < -0.4 is 10.2 Å². The van der Waals surface area contributed by atoms with E-state index in [1.54, 1.807) is 53.4 Å². The first-order valence-corrected chi connectivity index (χ1v) is 16.5. The van der Waals surface area contributed by atoms with Gasteiger partial charge in [0.15, 0.2) is 0 Å². The third-order valence-corrected chi connectivity index (χ3v) is 9.89. The molecular weight excluding hydrogens is 592 g/mol. The Morgan fingerprint density at radius 1 is 0.773 bits per heavy atom. The standard InChI is InChI=1S/C35H35ClN4O3S/c36-29-11-6-10-27(22-29)25-40-31-23-28(14-15-33(31)44(43)32-13-5-4-12-30(32)35(40)42)34(41)37-16-7-17-38-18-20-39(21-19-38)24-26-8-2-1-3-9-26/h1-6,8-15,22-23H,7,16-21,24-25H2,(H,37,41)/t44-/m1/s1. The minimum Gasteiger partial charge on any atom is -0.352 e. The highest BCUT2D eigenvalue weighted by Gasteiger charge is 2.31. The molecule has 0 aliphatic carbocycles. The molecule has 0 radical (unpaired) electrons. The summed E-state index contributed by atoms with van der Waals surface area (Å²) in [6.45, 7) is 6.77. The molecule has 0 spiro atoms. The second-order valence-electron chi connectivity index (χ2n) is 11.2. The second-order valence-corrected chi connectivity index (χ2v) is 13.0. The number of benzene rings is 4. The highest BCUT2D eigenvalue weighted by molar-refractivity contribution is 7.85. The third kappa shape index (κ3) is 6.94. The minimum absolute atomic E-state index is 0.219. The molecule has 1 fully saturated rings. The van der Waals surface area contributed by atoms with Crippen molar-refractivity contribution in [1.82, 2.24) is 15.1 Å². The lowest BCUT2D eigenvalue weighted by Crippen LogP contribution is -2.46. The van der Waals surface area contributed by atoms with Crippen LogP contribution in [0.2, 0.25) is 5.02 Å². The van der Waals surface area contributed by atoms with Crippen molar-refractivity contribution in [3.63, 3.8) is 0 Å². The van der Waals surface area contributed by atoms with Crippen molar-refractivity contribution >= 4 is 39.9 Å². The molecule has 2 aliphatic rings. The Kier molecular flexibility index (Phi) is 9.52. The zero-order valence-corrected chi connectivity index (χ0v) is 26.0. The number of fused-ring (bicyclic) bond motifs is 2. The molecule has 44 heavy (non-hydrogen) atoms. The zero-order chi connectivity index (χ0) is 30.5. The van der Waals surface area contributed by atoms with Gasteiger partial charge in [-0.1, -0.05) is 66.2 Å². The van der Waals surface area contributed by atoms with Gasteiger partial charge in [-0.15, -0.1) is 0 Å². The van der Waals surface area contributed by atoms with Gasteiger partial charge in [0, 0.05) is 49.9 Å². The van der Waals surface area contributed by atoms with E-state index < -0.39 is 10.8 Å². The summed E-state index contributed by atoms with van der Waals surface area (Å²) < 4.78 is 13.7. The quantitative estimate of drug-likeness (QED) is 0.245. The van der Waals surface area contributed by atoms with E-state index >= 15 is 0 Å². The number of halogens is 1. The largest absolute Gasteiger partial charge is 0.352 e. The predicted octanol–water partition coefficient (Wildman–Crippen LogP) is 5.60. The Labute approximate surface area is 265 Å². The SMILES string of the molecule is O=C(NCCCN1CCN(Cc2ccccc2)CC1)c1ccc2c(c1)N(Cc1cccc(Cl)c1)C(=O)c1ccccc1[S@]2=O. The van der Waals surface area contributed by atoms with Crippen LogP contribution >= 0.6 is 11.6 Å². The van der Waals surface area contributed by atoms with Gasteiger partial charge in [-0.3, -0.25) is 14.5 Å². The van der Waals surface area contributed by atoms with Crippen LogP contribution in [0.15, 0.2) is 107 Å². The van der Waals surface area contributed by atoms with E-state index in [1.807, 2.05) is 24.3 Å². The molecule has 1 N–H and O–H groups in total. The normalized spacial score (nSPS) is 17.1. The second kappa shape index (κ2) is 13.9. The lowest BCUT2D eigenvalue weighted by molar-refractivity contribution is 0.0944. The molecule has 2 aliphatic heterocycles. The topological polar surface area (TPSA) is 73.0 Å². The molecular formula is C35H35ClN4O3S. The number of piperazine rings is 1. The molecule has 7 nitrogen and oxygen atoms in total. The first kappa shape index (κ1) is 30.2. The predicted molar refractivity (Wildman–Crippen MR) is 175 cm³/mol. The van der Waals surface area contributed by atoms with E-state index in [1.165, 1.54) is 5.56 Å². The van der Waals surface area contributed by atoms with E-state index in [4.69, 9.17) is 11.6 Å². The van der Waals surface area contributed by atoms with Crippen LogP contribution in [0.4, 0.5) is 5.69 Å². The fourth-order valence-corrected chi connectivity index (χ4v) is 7.36. The molecule has 1 atom stereocenters. The Hall–Kier alpha value is -3.82. The molecule has 1 saturated heterocycles. The van der Waals surface area contributed by atoms with Gasteiger partial charge in [0.25, 0.3) is 11.8 Å². The maximum absolute atomic E-state index is 13.8. The maximum atomic E-state index is 13.8. The minimum atomic E-state index is -1.59. The number of hydrogen-bond acceptors (Lipinski definition) is 5. The van der Waals surface area contributed by atoms with Gasteiger partial charge in [-0.2, -0.15) is 0 Å². The summed E-state index contributed by atoms with van der Waals surface area (Å²) in [6, 6.07) is 29.9. The van der Waals surface area contributed by atoms with Gasteiger partial charge < -0.3 is 15.1 Å². The lowest BCUT2D eigenvalue weighted by atomic mass is 10.1. The van der Waals surface area contributed by atoms with Crippen molar-refractivity contribution < 1.29 is 13.8 Å². The van der Waals surface area contributed by atoms with Crippen LogP contribution in [0.1, 0.15) is 38.3 Å². The molecule has 2 amide bonds. The smallest absolute Gasteiger partial charge is 0.259 e. The Bertz CT molecular complexity index is 1670. The summed E-state index contributed by atoms with van der Waals surface area (Å²) >= 11 is 6.24. The summed E-state index contributed by atoms with van der Waals surface area (Å²) in [5.41, 5.74) is 3.44. The van der Waals surface area contributed by atoms with E-state index in [2.05, 4.69) is 39.4 Å². The fourth-order valence-electron chi connectivity index (χ4n) is 5.80. The molecule has 2 heterocycles. The van der Waals surface area contributed by atoms with Crippen LogP contribution in [-0.2, 0) is 23.9 Å². The van der Waals surface area contributed by atoms with Gasteiger partial charge in [0.2, 0.25) is 0 Å². The van der Waals surface area contributed by atoms with Crippen LogP contribution in [0, 0.1) is 0 Å².